The zero-order chi connectivity index (χ0) is 24.6. The molecule has 1 unspecified atom stereocenters. The maximum Gasteiger partial charge on any atom is 0.282 e. The molecule has 3 heterocycles. The van der Waals surface area contributed by atoms with Crippen LogP contribution in [0, 0.1) is 17.0 Å². The molecule has 0 amide bonds. The molecule has 2 aliphatic rings. The van der Waals surface area contributed by atoms with E-state index in [1.165, 1.54) is 17.2 Å². The van der Waals surface area contributed by atoms with Crippen molar-refractivity contribution in [2.75, 3.05) is 11.6 Å². The molecule has 0 fully saturated rings. The molecule has 0 spiro atoms. The molecule has 36 heavy (non-hydrogen) atoms. The number of nitro groups is 1. The highest BCUT2D eigenvalue weighted by molar-refractivity contribution is 6.03. The van der Waals surface area contributed by atoms with Crippen molar-refractivity contribution in [3.05, 3.63) is 111 Å². The number of aryl methyl sites for hydroxylation is 1. The molecule has 1 atom stereocenters. The van der Waals surface area contributed by atoms with Crippen molar-refractivity contribution < 1.29 is 9.34 Å². The number of hydrazone groups is 1. The van der Waals surface area contributed by atoms with Gasteiger partial charge in [-0.25, -0.2) is 5.01 Å². The minimum atomic E-state index is -0.413. The van der Waals surface area contributed by atoms with Crippen LogP contribution in [-0.2, 0) is 13.0 Å². The minimum absolute atomic E-state index is 0.0376. The SMILES string of the molecule is Cc1oc(-c2ccccc2[N+](=O)[O-])nc1N1N=C(c2ccccc2)CC1N1CCc2ccccc2C1. The zero-order valence-corrected chi connectivity index (χ0v) is 19.9. The lowest BCUT2D eigenvalue weighted by Gasteiger charge is -2.36. The van der Waals surface area contributed by atoms with Crippen LogP contribution in [0.2, 0.25) is 0 Å². The maximum atomic E-state index is 11.6. The van der Waals surface area contributed by atoms with E-state index >= 15 is 0 Å². The second-order valence-electron chi connectivity index (χ2n) is 9.10. The third-order valence-electron chi connectivity index (χ3n) is 6.90. The predicted octanol–water partition coefficient (Wildman–Crippen LogP) is 5.56. The Hall–Kier alpha value is -4.30. The average Bonchev–Trinajstić information content (AvgIpc) is 3.52. The van der Waals surface area contributed by atoms with Crippen molar-refractivity contribution in [1.82, 2.24) is 9.88 Å². The van der Waals surface area contributed by atoms with E-state index in [4.69, 9.17) is 14.5 Å². The van der Waals surface area contributed by atoms with Crippen molar-refractivity contribution >= 4 is 17.2 Å². The molecule has 0 aliphatic carbocycles. The quantitative estimate of drug-likeness (QED) is 0.275. The Bertz CT molecular complexity index is 1460. The Balaban J connectivity index is 1.40. The Morgan fingerprint density at radius 3 is 2.50 bits per heavy atom. The first-order chi connectivity index (χ1) is 17.6. The fourth-order valence-electron chi connectivity index (χ4n) is 5.08. The minimum Gasteiger partial charge on any atom is -0.439 e. The third-order valence-corrected chi connectivity index (χ3v) is 6.90. The number of nitro benzene ring substituents is 1. The molecule has 0 saturated carbocycles. The summed E-state index contributed by atoms with van der Waals surface area (Å²) in [6.45, 7) is 3.56. The number of anilines is 1. The summed E-state index contributed by atoms with van der Waals surface area (Å²) in [7, 11) is 0. The fraction of sp³-hybridized carbons (Fsp3) is 0.214. The number of aromatic nitrogens is 1. The highest BCUT2D eigenvalue weighted by Crippen LogP contribution is 2.37. The van der Waals surface area contributed by atoms with E-state index in [9.17, 15) is 10.1 Å². The largest absolute Gasteiger partial charge is 0.439 e. The Morgan fingerprint density at radius 2 is 1.69 bits per heavy atom. The molecule has 1 aromatic heterocycles. The summed E-state index contributed by atoms with van der Waals surface area (Å²) >= 11 is 0. The Kier molecular flexibility index (Phi) is 5.58. The number of fused-ring (bicyclic) bond motifs is 1. The van der Waals surface area contributed by atoms with Gasteiger partial charge in [-0.2, -0.15) is 10.1 Å². The first kappa shape index (κ1) is 22.2. The number of oxazole rings is 1. The second-order valence-corrected chi connectivity index (χ2v) is 9.10. The predicted molar refractivity (Wildman–Crippen MR) is 138 cm³/mol. The van der Waals surface area contributed by atoms with Gasteiger partial charge in [-0.3, -0.25) is 15.0 Å². The summed E-state index contributed by atoms with van der Waals surface area (Å²) in [6.07, 6.45) is 1.66. The smallest absolute Gasteiger partial charge is 0.282 e. The number of rotatable bonds is 5. The van der Waals surface area contributed by atoms with E-state index in [2.05, 4.69) is 41.3 Å². The van der Waals surface area contributed by atoms with Gasteiger partial charge in [0, 0.05) is 25.6 Å². The van der Waals surface area contributed by atoms with Crippen LogP contribution in [0.15, 0.2) is 88.4 Å². The van der Waals surface area contributed by atoms with Gasteiger partial charge in [-0.05, 0) is 36.1 Å². The van der Waals surface area contributed by atoms with Gasteiger partial charge >= 0.3 is 0 Å². The van der Waals surface area contributed by atoms with Crippen molar-refractivity contribution in [2.24, 2.45) is 5.10 Å². The first-order valence-electron chi connectivity index (χ1n) is 12.0. The number of hydrogen-bond acceptors (Lipinski definition) is 7. The van der Waals surface area contributed by atoms with Gasteiger partial charge in [0.2, 0.25) is 5.89 Å². The summed E-state index contributed by atoms with van der Waals surface area (Å²) in [6, 6.07) is 25.2. The van der Waals surface area contributed by atoms with Crippen LogP contribution < -0.4 is 5.01 Å². The molecule has 8 heteroatoms. The van der Waals surface area contributed by atoms with Gasteiger partial charge in [0.25, 0.3) is 5.69 Å². The second kappa shape index (κ2) is 9.05. The number of benzene rings is 3. The third kappa shape index (κ3) is 3.95. The highest BCUT2D eigenvalue weighted by Gasteiger charge is 2.37. The lowest BCUT2D eigenvalue weighted by molar-refractivity contribution is -0.384. The van der Waals surface area contributed by atoms with Crippen molar-refractivity contribution in [2.45, 2.75) is 32.5 Å². The van der Waals surface area contributed by atoms with Crippen LogP contribution in [-0.4, -0.2) is 33.2 Å². The van der Waals surface area contributed by atoms with Gasteiger partial charge in [-0.15, -0.1) is 0 Å². The zero-order valence-electron chi connectivity index (χ0n) is 19.9. The summed E-state index contributed by atoms with van der Waals surface area (Å²) in [5.41, 5.74) is 5.08. The monoisotopic (exact) mass is 479 g/mol. The summed E-state index contributed by atoms with van der Waals surface area (Å²) in [5.74, 6) is 1.38. The molecule has 0 bridgehead atoms. The normalized spacial score (nSPS) is 17.6. The molecule has 180 valence electrons. The molecule has 4 aromatic rings. The highest BCUT2D eigenvalue weighted by atomic mass is 16.6. The van der Waals surface area contributed by atoms with E-state index in [1.54, 1.807) is 18.2 Å². The molecule has 3 aromatic carbocycles. The van der Waals surface area contributed by atoms with E-state index in [0.717, 1.165) is 37.2 Å². The molecule has 0 saturated heterocycles. The molecule has 0 N–H and O–H groups in total. The van der Waals surface area contributed by atoms with Crippen LogP contribution in [0.25, 0.3) is 11.5 Å². The molecular weight excluding hydrogens is 454 g/mol. The van der Waals surface area contributed by atoms with Crippen LogP contribution in [0.1, 0.15) is 28.9 Å². The summed E-state index contributed by atoms with van der Waals surface area (Å²) in [5, 5.41) is 18.6. The molecule has 0 radical (unpaired) electrons. The van der Waals surface area contributed by atoms with Gasteiger partial charge in [0.1, 0.15) is 17.5 Å². The van der Waals surface area contributed by atoms with Crippen molar-refractivity contribution in [3.63, 3.8) is 0 Å². The molecule has 8 nitrogen and oxygen atoms in total. The van der Waals surface area contributed by atoms with Crippen LogP contribution in [0.3, 0.4) is 0 Å². The number of para-hydroxylation sites is 1. The number of nitrogens with zero attached hydrogens (tertiary/aromatic N) is 5. The van der Waals surface area contributed by atoms with E-state index in [0.29, 0.717) is 17.1 Å². The summed E-state index contributed by atoms with van der Waals surface area (Å²) < 4.78 is 5.99. The van der Waals surface area contributed by atoms with Crippen LogP contribution in [0.5, 0.6) is 0 Å². The van der Waals surface area contributed by atoms with Gasteiger partial charge in [0.05, 0.1) is 10.6 Å². The molecule has 6 rings (SSSR count). The lowest BCUT2D eigenvalue weighted by atomic mass is 9.98. The first-order valence-corrected chi connectivity index (χ1v) is 12.0. The van der Waals surface area contributed by atoms with Gasteiger partial charge in [0.15, 0.2) is 5.82 Å². The fourth-order valence-corrected chi connectivity index (χ4v) is 5.08. The topological polar surface area (TPSA) is 88.0 Å². The summed E-state index contributed by atoms with van der Waals surface area (Å²) in [4.78, 5) is 18.4. The van der Waals surface area contributed by atoms with E-state index < -0.39 is 4.92 Å². The van der Waals surface area contributed by atoms with Crippen LogP contribution in [0.4, 0.5) is 11.5 Å². The van der Waals surface area contributed by atoms with Gasteiger partial charge in [-0.1, -0.05) is 66.7 Å². The van der Waals surface area contributed by atoms with Crippen molar-refractivity contribution in [3.8, 4) is 11.5 Å². The number of hydrogen-bond donors (Lipinski definition) is 0. The average molecular weight is 480 g/mol. The van der Waals surface area contributed by atoms with Crippen molar-refractivity contribution in [1.29, 1.82) is 0 Å². The molecule has 2 aliphatic heterocycles. The standard InChI is InChI=1S/C28H25N5O3/c1-19-27(29-28(36-19)23-13-7-8-14-25(23)33(34)35)32-26(17-24(30-32)21-10-3-2-4-11-21)31-16-15-20-9-5-6-12-22(20)18-31/h2-14,26H,15-18H2,1H3. The maximum absolute atomic E-state index is 11.6. The van der Waals surface area contributed by atoms with E-state index in [1.807, 2.05) is 30.1 Å². The molecular formula is C28H25N5O3. The van der Waals surface area contributed by atoms with Gasteiger partial charge < -0.3 is 4.42 Å². The Labute approximate surface area is 208 Å². The Morgan fingerprint density at radius 1 is 0.972 bits per heavy atom. The lowest BCUT2D eigenvalue weighted by Crippen LogP contribution is -2.46. The van der Waals surface area contributed by atoms with E-state index in [-0.39, 0.29) is 17.7 Å². The van der Waals surface area contributed by atoms with Crippen LogP contribution >= 0.6 is 0 Å².